The fourth-order valence-corrected chi connectivity index (χ4v) is 1.31. The molecule has 0 saturated carbocycles. The van der Waals surface area contributed by atoms with E-state index in [1.165, 1.54) is 0 Å². The molecule has 17 heavy (non-hydrogen) atoms. The van der Waals surface area contributed by atoms with Crippen LogP contribution in [0.25, 0.3) is 0 Å². The second-order valence-electron chi connectivity index (χ2n) is 3.28. The van der Waals surface area contributed by atoms with E-state index >= 15 is 0 Å². The van der Waals surface area contributed by atoms with Gasteiger partial charge in [0.2, 0.25) is 11.7 Å². The number of H-pyrrole nitrogens is 2. The van der Waals surface area contributed by atoms with Gasteiger partial charge in [-0.2, -0.15) is 0 Å². The number of hydrogen-bond acceptors (Lipinski definition) is 5. The molecule has 0 atom stereocenters. The molecule has 0 aliphatic rings. The Labute approximate surface area is 97.0 Å². The van der Waals surface area contributed by atoms with E-state index in [4.69, 9.17) is 0 Å². The van der Waals surface area contributed by atoms with Gasteiger partial charge in [0.25, 0.3) is 5.56 Å². The second kappa shape index (κ2) is 5.83. The Morgan fingerprint density at radius 3 is 2.53 bits per heavy atom. The van der Waals surface area contributed by atoms with Crippen LogP contribution in [0.1, 0.15) is 13.8 Å². The zero-order chi connectivity index (χ0) is 12.8. The highest BCUT2D eigenvalue weighted by Crippen LogP contribution is 1.91. The molecule has 8 heteroatoms. The molecule has 0 aliphatic heterocycles. The van der Waals surface area contributed by atoms with Gasteiger partial charge in [0.1, 0.15) is 0 Å². The summed E-state index contributed by atoms with van der Waals surface area (Å²) in [6.07, 6.45) is 0. The van der Waals surface area contributed by atoms with Crippen LogP contribution in [0.4, 0.5) is 5.82 Å². The Morgan fingerprint density at radius 2 is 2.00 bits per heavy atom. The third kappa shape index (κ3) is 3.44. The van der Waals surface area contributed by atoms with Crippen molar-refractivity contribution in [3.63, 3.8) is 0 Å². The fraction of sp³-hybridized carbons (Fsp3) is 0.556. The first kappa shape index (κ1) is 12.9. The van der Waals surface area contributed by atoms with Crippen molar-refractivity contribution >= 4 is 11.7 Å². The molecule has 1 amide bonds. The zero-order valence-corrected chi connectivity index (χ0v) is 9.74. The Bertz CT molecular complexity index is 488. The van der Waals surface area contributed by atoms with E-state index in [0.717, 1.165) is 0 Å². The standard InChI is InChI=1S/C9H15N5O3/c1-3-14(4-2)6(15)5-10-7-8(16)11-9(17)13-12-7/h3-5H2,1-2H3,(H,10,12)(H2,11,13,16,17). The average molecular weight is 241 g/mol. The lowest BCUT2D eigenvalue weighted by Crippen LogP contribution is -2.36. The number of nitrogens with one attached hydrogen (secondary N) is 3. The van der Waals surface area contributed by atoms with Gasteiger partial charge in [0.05, 0.1) is 6.54 Å². The number of nitrogens with zero attached hydrogens (tertiary/aromatic N) is 2. The Hall–Kier alpha value is -2.12. The summed E-state index contributed by atoms with van der Waals surface area (Å²) >= 11 is 0. The van der Waals surface area contributed by atoms with Gasteiger partial charge in [-0.1, -0.05) is 0 Å². The van der Waals surface area contributed by atoms with Crippen molar-refractivity contribution in [2.45, 2.75) is 13.8 Å². The third-order valence-corrected chi connectivity index (χ3v) is 2.23. The Kier molecular flexibility index (Phi) is 4.44. The molecule has 1 aromatic heterocycles. The Balaban J connectivity index is 2.65. The first-order chi connectivity index (χ1) is 8.08. The van der Waals surface area contributed by atoms with Gasteiger partial charge in [-0.15, -0.1) is 5.10 Å². The summed E-state index contributed by atoms with van der Waals surface area (Å²) in [5.41, 5.74) is -1.34. The molecule has 8 nitrogen and oxygen atoms in total. The molecule has 0 spiro atoms. The van der Waals surface area contributed by atoms with E-state index < -0.39 is 11.2 Å². The van der Waals surface area contributed by atoms with E-state index in [-0.39, 0.29) is 18.3 Å². The summed E-state index contributed by atoms with van der Waals surface area (Å²) < 4.78 is 0. The lowest BCUT2D eigenvalue weighted by Gasteiger charge is -2.18. The fourth-order valence-electron chi connectivity index (χ4n) is 1.31. The maximum atomic E-state index is 11.6. The topological polar surface area (TPSA) is 111 Å². The van der Waals surface area contributed by atoms with Crippen molar-refractivity contribution < 1.29 is 4.79 Å². The molecular weight excluding hydrogens is 226 g/mol. The predicted octanol–water partition coefficient (Wildman–Crippen LogP) is -1.26. The number of aromatic amines is 2. The number of carbonyl (C=O) groups is 1. The van der Waals surface area contributed by atoms with Gasteiger partial charge in [0, 0.05) is 13.1 Å². The number of likely N-dealkylation sites (N-methyl/N-ethyl adjacent to an activating group) is 1. The number of aromatic nitrogens is 3. The van der Waals surface area contributed by atoms with Gasteiger partial charge in [-0.3, -0.25) is 14.6 Å². The number of anilines is 1. The van der Waals surface area contributed by atoms with Gasteiger partial charge < -0.3 is 10.2 Å². The highest BCUT2D eigenvalue weighted by atomic mass is 16.2. The van der Waals surface area contributed by atoms with E-state index in [1.54, 1.807) is 4.90 Å². The molecule has 0 aromatic carbocycles. The third-order valence-electron chi connectivity index (χ3n) is 2.23. The van der Waals surface area contributed by atoms with E-state index in [2.05, 4.69) is 15.5 Å². The van der Waals surface area contributed by atoms with Crippen LogP contribution in [0.2, 0.25) is 0 Å². The number of hydrogen-bond donors (Lipinski definition) is 3. The lowest BCUT2D eigenvalue weighted by molar-refractivity contribution is -0.128. The maximum Gasteiger partial charge on any atom is 0.342 e. The minimum absolute atomic E-state index is 0.0379. The van der Waals surface area contributed by atoms with Gasteiger partial charge >= 0.3 is 5.69 Å². The van der Waals surface area contributed by atoms with Crippen molar-refractivity contribution in [3.05, 3.63) is 20.8 Å². The van der Waals surface area contributed by atoms with Crippen LogP contribution in [-0.4, -0.2) is 45.6 Å². The van der Waals surface area contributed by atoms with Crippen molar-refractivity contribution in [2.24, 2.45) is 0 Å². The molecule has 3 N–H and O–H groups in total. The van der Waals surface area contributed by atoms with Gasteiger partial charge in [-0.25, -0.2) is 9.89 Å². The van der Waals surface area contributed by atoms with Crippen molar-refractivity contribution in [2.75, 3.05) is 25.0 Å². The molecule has 0 aliphatic carbocycles. The molecule has 1 heterocycles. The minimum atomic E-state index is -0.685. The SMILES string of the molecule is CCN(CC)C(=O)CNc1n[nH]c(=O)[nH]c1=O. The van der Waals surface area contributed by atoms with E-state index in [1.807, 2.05) is 18.8 Å². The largest absolute Gasteiger partial charge is 0.355 e. The molecule has 0 fully saturated rings. The molecule has 0 radical (unpaired) electrons. The number of amides is 1. The second-order valence-corrected chi connectivity index (χ2v) is 3.28. The Morgan fingerprint density at radius 1 is 1.35 bits per heavy atom. The van der Waals surface area contributed by atoms with Crippen molar-refractivity contribution in [3.8, 4) is 0 Å². The van der Waals surface area contributed by atoms with Crippen LogP contribution in [-0.2, 0) is 4.79 Å². The number of rotatable bonds is 5. The average Bonchev–Trinajstić information content (AvgIpc) is 2.29. The van der Waals surface area contributed by atoms with Crippen LogP contribution < -0.4 is 16.6 Å². The first-order valence-corrected chi connectivity index (χ1v) is 5.29. The summed E-state index contributed by atoms with van der Waals surface area (Å²) in [7, 11) is 0. The molecule has 1 rings (SSSR count). The number of carbonyl (C=O) groups excluding carboxylic acids is 1. The zero-order valence-electron chi connectivity index (χ0n) is 9.74. The molecular formula is C9H15N5O3. The molecule has 0 unspecified atom stereocenters. The molecule has 1 aromatic rings. The van der Waals surface area contributed by atoms with Crippen molar-refractivity contribution in [1.82, 2.24) is 20.1 Å². The van der Waals surface area contributed by atoms with Gasteiger partial charge in [-0.05, 0) is 13.8 Å². The summed E-state index contributed by atoms with van der Waals surface area (Å²) in [4.78, 5) is 37.2. The highest BCUT2D eigenvalue weighted by molar-refractivity contribution is 5.80. The van der Waals surface area contributed by atoms with Crippen molar-refractivity contribution in [1.29, 1.82) is 0 Å². The predicted molar refractivity (Wildman–Crippen MR) is 61.9 cm³/mol. The molecule has 0 bridgehead atoms. The van der Waals surface area contributed by atoms with Crippen LogP contribution in [0.5, 0.6) is 0 Å². The van der Waals surface area contributed by atoms with Crippen LogP contribution in [0.3, 0.4) is 0 Å². The minimum Gasteiger partial charge on any atom is -0.355 e. The maximum absolute atomic E-state index is 11.6. The molecule has 0 saturated heterocycles. The van der Waals surface area contributed by atoms with Crippen LogP contribution >= 0.6 is 0 Å². The smallest absolute Gasteiger partial charge is 0.342 e. The summed E-state index contributed by atoms with van der Waals surface area (Å²) in [6, 6.07) is 0. The first-order valence-electron chi connectivity index (χ1n) is 5.29. The van der Waals surface area contributed by atoms with Crippen LogP contribution in [0, 0.1) is 0 Å². The van der Waals surface area contributed by atoms with Gasteiger partial charge in [0.15, 0.2) is 0 Å². The monoisotopic (exact) mass is 241 g/mol. The van der Waals surface area contributed by atoms with Crippen LogP contribution in [0.15, 0.2) is 9.59 Å². The van der Waals surface area contributed by atoms with E-state index in [0.29, 0.717) is 13.1 Å². The lowest BCUT2D eigenvalue weighted by atomic mass is 10.4. The van der Waals surface area contributed by atoms with E-state index in [9.17, 15) is 14.4 Å². The summed E-state index contributed by atoms with van der Waals surface area (Å²) in [5, 5.41) is 8.14. The normalized spacial score (nSPS) is 10.0. The molecule has 94 valence electrons. The summed E-state index contributed by atoms with van der Waals surface area (Å²) in [6.45, 7) is 4.90. The summed E-state index contributed by atoms with van der Waals surface area (Å²) in [5.74, 6) is -0.215. The highest BCUT2D eigenvalue weighted by Gasteiger charge is 2.10. The quantitative estimate of drug-likeness (QED) is 0.595.